The Balaban J connectivity index is 2.51. The zero-order valence-corrected chi connectivity index (χ0v) is 20.1. The second kappa shape index (κ2) is 9.99. The first-order chi connectivity index (χ1) is 14.5. The number of carbonyl (C=O) groups is 2. The lowest BCUT2D eigenvalue weighted by Crippen LogP contribution is -2.56. The van der Waals surface area contributed by atoms with Crippen LogP contribution in [0.3, 0.4) is 0 Å². The summed E-state index contributed by atoms with van der Waals surface area (Å²) < 4.78 is 5.36. The first-order valence-electron chi connectivity index (χ1n) is 10.9. The highest BCUT2D eigenvalue weighted by molar-refractivity contribution is 6.00. The van der Waals surface area contributed by atoms with E-state index >= 15 is 0 Å². The SMILES string of the molecule is CCCC(N(NC(=O)c1cccc(OC)c1C)C(=O)c1cc(C)cc(C)c1)C(C)(C)C. The fourth-order valence-electron chi connectivity index (χ4n) is 3.98. The quantitative estimate of drug-likeness (QED) is 0.612. The minimum atomic E-state index is -0.320. The highest BCUT2D eigenvalue weighted by atomic mass is 16.5. The molecule has 0 saturated carbocycles. The summed E-state index contributed by atoms with van der Waals surface area (Å²) in [7, 11) is 1.58. The van der Waals surface area contributed by atoms with Gasteiger partial charge in [0.1, 0.15) is 5.75 Å². The van der Waals surface area contributed by atoms with Crippen molar-refractivity contribution in [2.75, 3.05) is 7.11 Å². The molecule has 1 atom stereocenters. The van der Waals surface area contributed by atoms with Crippen molar-refractivity contribution >= 4 is 11.8 Å². The smallest absolute Gasteiger partial charge is 0.272 e. The fourth-order valence-corrected chi connectivity index (χ4v) is 3.98. The monoisotopic (exact) mass is 424 g/mol. The minimum absolute atomic E-state index is 0.166. The van der Waals surface area contributed by atoms with E-state index in [4.69, 9.17) is 4.74 Å². The van der Waals surface area contributed by atoms with E-state index in [1.54, 1.807) is 24.3 Å². The van der Waals surface area contributed by atoms with Gasteiger partial charge >= 0.3 is 0 Å². The number of methoxy groups -OCH3 is 1. The average Bonchev–Trinajstić information content (AvgIpc) is 2.68. The van der Waals surface area contributed by atoms with Crippen molar-refractivity contribution < 1.29 is 14.3 Å². The summed E-state index contributed by atoms with van der Waals surface area (Å²) in [6.07, 6.45) is 1.67. The van der Waals surface area contributed by atoms with Crippen LogP contribution in [0.15, 0.2) is 36.4 Å². The second-order valence-corrected chi connectivity index (χ2v) is 9.30. The summed E-state index contributed by atoms with van der Waals surface area (Å²) in [4.78, 5) is 27.0. The summed E-state index contributed by atoms with van der Waals surface area (Å²) in [6.45, 7) is 14.2. The molecule has 2 aromatic carbocycles. The number of hydrogen-bond acceptors (Lipinski definition) is 3. The van der Waals surface area contributed by atoms with Crippen molar-refractivity contribution in [3.63, 3.8) is 0 Å². The normalized spacial score (nSPS) is 12.3. The maximum absolute atomic E-state index is 13.7. The zero-order valence-electron chi connectivity index (χ0n) is 20.1. The first-order valence-corrected chi connectivity index (χ1v) is 10.9. The number of aryl methyl sites for hydroxylation is 2. The number of nitrogens with one attached hydrogen (secondary N) is 1. The van der Waals surface area contributed by atoms with Gasteiger partial charge in [-0.05, 0) is 56.9 Å². The highest BCUT2D eigenvalue weighted by Gasteiger charge is 2.35. The van der Waals surface area contributed by atoms with Gasteiger partial charge in [-0.3, -0.25) is 15.0 Å². The van der Waals surface area contributed by atoms with Crippen LogP contribution in [0.1, 0.15) is 77.9 Å². The number of nitrogens with zero attached hydrogens (tertiary/aromatic N) is 1. The first kappa shape index (κ1) is 24.4. The maximum atomic E-state index is 13.7. The highest BCUT2D eigenvalue weighted by Crippen LogP contribution is 2.29. The Hall–Kier alpha value is -2.82. The molecule has 5 heteroatoms. The molecule has 0 spiro atoms. The third-order valence-corrected chi connectivity index (χ3v) is 5.53. The minimum Gasteiger partial charge on any atom is -0.496 e. The molecule has 0 aliphatic carbocycles. The van der Waals surface area contributed by atoms with Crippen LogP contribution in [0, 0.1) is 26.2 Å². The van der Waals surface area contributed by atoms with Gasteiger partial charge in [-0.2, -0.15) is 0 Å². The van der Waals surface area contributed by atoms with Crippen molar-refractivity contribution in [3.8, 4) is 5.75 Å². The van der Waals surface area contributed by atoms with E-state index in [0.29, 0.717) is 16.9 Å². The van der Waals surface area contributed by atoms with Crippen LogP contribution in [-0.2, 0) is 0 Å². The molecule has 0 fully saturated rings. The lowest BCUT2D eigenvalue weighted by Gasteiger charge is -2.40. The summed E-state index contributed by atoms with van der Waals surface area (Å²) in [6, 6.07) is 11.0. The fraction of sp³-hybridized carbons (Fsp3) is 0.462. The Kier molecular flexibility index (Phi) is 7.88. The number of hydrogen-bond donors (Lipinski definition) is 1. The lowest BCUT2D eigenvalue weighted by molar-refractivity contribution is 0.0270. The van der Waals surface area contributed by atoms with Gasteiger partial charge in [0.15, 0.2) is 0 Å². The Morgan fingerprint density at radius 2 is 1.68 bits per heavy atom. The molecule has 2 amide bonds. The van der Waals surface area contributed by atoms with E-state index in [2.05, 4.69) is 33.1 Å². The molecule has 0 aliphatic heterocycles. The molecule has 0 saturated heterocycles. The van der Waals surface area contributed by atoms with E-state index in [-0.39, 0.29) is 23.3 Å². The van der Waals surface area contributed by atoms with Crippen molar-refractivity contribution in [1.82, 2.24) is 10.4 Å². The van der Waals surface area contributed by atoms with Gasteiger partial charge in [-0.25, -0.2) is 5.01 Å². The van der Waals surface area contributed by atoms with Gasteiger partial charge in [0.05, 0.1) is 13.2 Å². The Morgan fingerprint density at radius 3 is 2.19 bits per heavy atom. The maximum Gasteiger partial charge on any atom is 0.272 e. The van der Waals surface area contributed by atoms with Crippen LogP contribution < -0.4 is 10.2 Å². The standard InChI is InChI=1S/C26H36N2O3/c1-9-11-23(26(5,6)7)28(25(30)20-15-17(2)14-18(3)16-20)27-24(29)21-12-10-13-22(31-8)19(21)4/h10,12-16,23H,9,11H2,1-8H3,(H,27,29). The predicted octanol–water partition coefficient (Wildman–Crippen LogP) is 5.62. The van der Waals surface area contributed by atoms with Crippen molar-refractivity contribution in [2.24, 2.45) is 5.41 Å². The summed E-state index contributed by atoms with van der Waals surface area (Å²) >= 11 is 0. The van der Waals surface area contributed by atoms with E-state index in [9.17, 15) is 9.59 Å². The van der Waals surface area contributed by atoms with Crippen molar-refractivity contribution in [3.05, 3.63) is 64.2 Å². The molecule has 0 radical (unpaired) electrons. The van der Waals surface area contributed by atoms with Gasteiger partial charge in [-0.15, -0.1) is 0 Å². The Morgan fingerprint density at radius 1 is 1.06 bits per heavy atom. The molecule has 31 heavy (non-hydrogen) atoms. The zero-order chi connectivity index (χ0) is 23.3. The number of ether oxygens (including phenoxy) is 1. The molecule has 5 nitrogen and oxygen atoms in total. The molecule has 1 N–H and O–H groups in total. The summed E-state index contributed by atoms with van der Waals surface area (Å²) in [5.74, 6) is 0.120. The van der Waals surface area contributed by atoms with Crippen LogP contribution in [0.4, 0.5) is 0 Å². The molecule has 0 heterocycles. The van der Waals surface area contributed by atoms with Gasteiger partial charge in [0.2, 0.25) is 0 Å². The predicted molar refractivity (Wildman–Crippen MR) is 125 cm³/mol. The lowest BCUT2D eigenvalue weighted by atomic mass is 9.83. The molecule has 168 valence electrons. The second-order valence-electron chi connectivity index (χ2n) is 9.30. The van der Waals surface area contributed by atoms with Gasteiger partial charge in [0.25, 0.3) is 11.8 Å². The molecular weight excluding hydrogens is 388 g/mol. The number of hydrazine groups is 1. The van der Waals surface area contributed by atoms with E-state index in [1.165, 1.54) is 0 Å². The molecule has 2 rings (SSSR count). The number of benzene rings is 2. The Bertz CT molecular complexity index is 924. The molecule has 2 aromatic rings. The molecular formula is C26H36N2O3. The third-order valence-electron chi connectivity index (χ3n) is 5.53. The summed E-state index contributed by atoms with van der Waals surface area (Å²) in [5, 5.41) is 1.54. The molecule has 0 aromatic heterocycles. The van der Waals surface area contributed by atoms with Gasteiger partial charge in [0, 0.05) is 16.7 Å². The van der Waals surface area contributed by atoms with Crippen LogP contribution >= 0.6 is 0 Å². The number of amides is 2. The van der Waals surface area contributed by atoms with E-state index in [1.807, 2.05) is 45.0 Å². The molecule has 0 bridgehead atoms. The number of rotatable bonds is 6. The largest absolute Gasteiger partial charge is 0.496 e. The topological polar surface area (TPSA) is 58.6 Å². The van der Waals surface area contributed by atoms with Gasteiger partial charge in [-0.1, -0.05) is 57.4 Å². The van der Waals surface area contributed by atoms with E-state index < -0.39 is 0 Å². The van der Waals surface area contributed by atoms with Gasteiger partial charge < -0.3 is 4.74 Å². The van der Waals surface area contributed by atoms with Crippen LogP contribution in [0.2, 0.25) is 0 Å². The molecule has 0 aliphatic rings. The van der Waals surface area contributed by atoms with Crippen LogP contribution in [0.25, 0.3) is 0 Å². The van der Waals surface area contributed by atoms with E-state index in [0.717, 1.165) is 29.5 Å². The van der Waals surface area contributed by atoms with Crippen LogP contribution in [0.5, 0.6) is 5.75 Å². The molecule has 1 unspecified atom stereocenters. The Labute approximate surface area is 186 Å². The third kappa shape index (κ3) is 5.87. The number of carbonyl (C=O) groups excluding carboxylic acids is 2. The average molecular weight is 425 g/mol. The van der Waals surface area contributed by atoms with Crippen molar-refractivity contribution in [1.29, 1.82) is 0 Å². The summed E-state index contributed by atoms with van der Waals surface area (Å²) in [5.41, 5.74) is 6.55. The van der Waals surface area contributed by atoms with Crippen molar-refractivity contribution in [2.45, 2.75) is 67.3 Å². The van der Waals surface area contributed by atoms with Crippen LogP contribution in [-0.4, -0.2) is 30.0 Å².